The Labute approximate surface area is 129 Å². The number of rotatable bonds is 5. The van der Waals surface area contributed by atoms with Gasteiger partial charge in [-0.3, -0.25) is 4.90 Å². The second-order valence-corrected chi connectivity index (χ2v) is 6.76. The van der Waals surface area contributed by atoms with E-state index in [0.29, 0.717) is 6.04 Å². The van der Waals surface area contributed by atoms with E-state index in [4.69, 9.17) is 4.74 Å². The number of piperidine rings is 1. The van der Waals surface area contributed by atoms with Gasteiger partial charge in [0.1, 0.15) is 0 Å². The van der Waals surface area contributed by atoms with Crippen LogP contribution in [0, 0.1) is 13.8 Å². The van der Waals surface area contributed by atoms with Crippen molar-refractivity contribution in [3.05, 3.63) is 34.9 Å². The zero-order chi connectivity index (χ0) is 15.5. The Morgan fingerprint density at radius 3 is 2.52 bits per heavy atom. The number of ether oxygens (including phenoxy) is 1. The van der Waals surface area contributed by atoms with E-state index in [1.165, 1.54) is 29.7 Å². The molecule has 1 fully saturated rings. The van der Waals surface area contributed by atoms with Crippen LogP contribution in [0.2, 0.25) is 0 Å². The molecule has 3 heteroatoms. The number of likely N-dealkylation sites (tertiary alicyclic amines) is 1. The number of hydrogen-bond acceptors (Lipinski definition) is 3. The summed E-state index contributed by atoms with van der Waals surface area (Å²) in [5.74, 6) is 0. The highest BCUT2D eigenvalue weighted by atomic mass is 16.5. The summed E-state index contributed by atoms with van der Waals surface area (Å²) in [5, 5.41) is 3.48. The third-order valence-electron chi connectivity index (χ3n) is 4.67. The monoisotopic (exact) mass is 290 g/mol. The fourth-order valence-corrected chi connectivity index (χ4v) is 3.46. The second-order valence-electron chi connectivity index (χ2n) is 6.76. The first-order valence-electron chi connectivity index (χ1n) is 7.99. The zero-order valence-electron chi connectivity index (χ0n) is 14.2. The molecule has 2 unspecified atom stereocenters. The van der Waals surface area contributed by atoms with Crippen molar-refractivity contribution in [2.24, 2.45) is 0 Å². The van der Waals surface area contributed by atoms with Crippen LogP contribution in [-0.4, -0.2) is 44.3 Å². The quantitative estimate of drug-likeness (QED) is 0.902. The van der Waals surface area contributed by atoms with Crippen molar-refractivity contribution in [1.29, 1.82) is 0 Å². The Morgan fingerprint density at radius 2 is 1.95 bits per heavy atom. The van der Waals surface area contributed by atoms with Gasteiger partial charge in [-0.05, 0) is 52.8 Å². The lowest BCUT2D eigenvalue weighted by molar-refractivity contribution is -0.0522. The largest absolute Gasteiger partial charge is 0.377 e. The maximum Gasteiger partial charge on any atom is 0.0777 e. The molecule has 1 aromatic carbocycles. The van der Waals surface area contributed by atoms with E-state index in [1.54, 1.807) is 0 Å². The van der Waals surface area contributed by atoms with Gasteiger partial charge < -0.3 is 10.1 Å². The smallest absolute Gasteiger partial charge is 0.0777 e. The van der Waals surface area contributed by atoms with E-state index < -0.39 is 0 Å². The van der Waals surface area contributed by atoms with Crippen LogP contribution in [0.3, 0.4) is 0 Å². The van der Waals surface area contributed by atoms with Crippen LogP contribution in [0.1, 0.15) is 42.5 Å². The van der Waals surface area contributed by atoms with Gasteiger partial charge >= 0.3 is 0 Å². The van der Waals surface area contributed by atoms with E-state index in [2.05, 4.69) is 56.2 Å². The van der Waals surface area contributed by atoms with Crippen molar-refractivity contribution < 1.29 is 4.74 Å². The van der Waals surface area contributed by atoms with Gasteiger partial charge in [0.15, 0.2) is 0 Å². The van der Waals surface area contributed by atoms with Crippen molar-refractivity contribution in [2.45, 2.75) is 45.3 Å². The first-order chi connectivity index (χ1) is 9.95. The number of benzene rings is 1. The highest BCUT2D eigenvalue weighted by molar-refractivity contribution is 5.30. The van der Waals surface area contributed by atoms with E-state index in [1.807, 2.05) is 7.11 Å². The van der Waals surface area contributed by atoms with Crippen LogP contribution in [0.4, 0.5) is 0 Å². The molecule has 1 aliphatic heterocycles. The number of nitrogens with one attached hydrogen (secondary N) is 1. The van der Waals surface area contributed by atoms with E-state index in [0.717, 1.165) is 19.5 Å². The predicted molar refractivity (Wildman–Crippen MR) is 88.8 cm³/mol. The highest BCUT2D eigenvalue weighted by Crippen LogP contribution is 2.26. The summed E-state index contributed by atoms with van der Waals surface area (Å²) < 4.78 is 5.71. The van der Waals surface area contributed by atoms with Gasteiger partial charge in [-0.15, -0.1) is 0 Å². The number of hydrogen-bond donors (Lipinski definition) is 1. The van der Waals surface area contributed by atoms with Crippen LogP contribution in [0.25, 0.3) is 0 Å². The predicted octanol–water partition coefficient (Wildman–Crippen LogP) is 3.06. The lowest BCUT2D eigenvalue weighted by atomic mass is 9.93. The minimum absolute atomic E-state index is 0.0130. The number of aryl methyl sites for hydroxylation is 2. The summed E-state index contributed by atoms with van der Waals surface area (Å²) in [4.78, 5) is 2.53. The van der Waals surface area contributed by atoms with Gasteiger partial charge in [0.05, 0.1) is 5.60 Å². The van der Waals surface area contributed by atoms with Gasteiger partial charge in [-0.2, -0.15) is 0 Å². The Bertz CT molecular complexity index is 454. The Morgan fingerprint density at radius 1 is 1.29 bits per heavy atom. The lowest BCUT2D eigenvalue weighted by Crippen LogP contribution is -2.49. The maximum absolute atomic E-state index is 5.71. The molecule has 0 bridgehead atoms. The SMILES string of the molecule is CNC(CN1CCCC(C)(OC)C1)c1cc(C)cc(C)c1. The summed E-state index contributed by atoms with van der Waals surface area (Å²) in [5.41, 5.74) is 4.08. The molecule has 0 radical (unpaired) electrons. The Kier molecular flexibility index (Phi) is 5.42. The highest BCUT2D eigenvalue weighted by Gasteiger charge is 2.31. The molecule has 3 nitrogen and oxygen atoms in total. The maximum atomic E-state index is 5.71. The van der Waals surface area contributed by atoms with Gasteiger partial charge in [0.25, 0.3) is 0 Å². The van der Waals surface area contributed by atoms with Gasteiger partial charge in [-0.25, -0.2) is 0 Å². The molecule has 0 saturated carbocycles. The van der Waals surface area contributed by atoms with Crippen LogP contribution < -0.4 is 5.32 Å². The van der Waals surface area contributed by atoms with Crippen LogP contribution >= 0.6 is 0 Å². The Hall–Kier alpha value is -0.900. The summed E-state index contributed by atoms with van der Waals surface area (Å²) >= 11 is 0. The first kappa shape index (κ1) is 16.5. The standard InChI is InChI=1S/C18H30N2O/c1-14-9-15(2)11-16(10-14)17(19-4)12-20-8-6-7-18(3,13-20)21-5/h9-11,17,19H,6-8,12-13H2,1-5H3. The fraction of sp³-hybridized carbons (Fsp3) is 0.667. The minimum atomic E-state index is 0.0130. The molecule has 1 aliphatic rings. The third kappa shape index (κ3) is 4.29. The summed E-state index contributed by atoms with van der Waals surface area (Å²) in [6.45, 7) is 9.80. The minimum Gasteiger partial charge on any atom is -0.377 e. The fourth-order valence-electron chi connectivity index (χ4n) is 3.46. The van der Waals surface area contributed by atoms with Crippen molar-refractivity contribution in [2.75, 3.05) is 33.8 Å². The normalized spacial score (nSPS) is 25.0. The van der Waals surface area contributed by atoms with Crippen molar-refractivity contribution >= 4 is 0 Å². The Balaban J connectivity index is 2.08. The number of likely N-dealkylation sites (N-methyl/N-ethyl adjacent to an activating group) is 1. The third-order valence-corrected chi connectivity index (χ3v) is 4.67. The average Bonchev–Trinajstić information content (AvgIpc) is 2.44. The lowest BCUT2D eigenvalue weighted by Gasteiger charge is -2.40. The molecular formula is C18H30N2O. The molecule has 0 aromatic heterocycles. The van der Waals surface area contributed by atoms with Crippen LogP contribution in [-0.2, 0) is 4.74 Å². The molecule has 1 N–H and O–H groups in total. The van der Waals surface area contributed by atoms with Crippen molar-refractivity contribution in [3.63, 3.8) is 0 Å². The molecule has 1 heterocycles. The molecule has 118 valence electrons. The topological polar surface area (TPSA) is 24.5 Å². The van der Waals surface area contributed by atoms with Crippen LogP contribution in [0.5, 0.6) is 0 Å². The molecule has 0 amide bonds. The molecule has 1 saturated heterocycles. The molecule has 21 heavy (non-hydrogen) atoms. The zero-order valence-corrected chi connectivity index (χ0v) is 14.2. The summed E-state index contributed by atoms with van der Waals surface area (Å²) in [7, 11) is 3.89. The van der Waals surface area contributed by atoms with Gasteiger partial charge in [0.2, 0.25) is 0 Å². The molecule has 0 spiro atoms. The van der Waals surface area contributed by atoms with E-state index >= 15 is 0 Å². The average molecular weight is 290 g/mol. The van der Waals surface area contributed by atoms with Gasteiger partial charge in [-0.1, -0.05) is 29.3 Å². The number of nitrogens with zero attached hydrogens (tertiary/aromatic N) is 1. The number of methoxy groups -OCH3 is 1. The van der Waals surface area contributed by atoms with Gasteiger partial charge in [0, 0.05) is 26.2 Å². The molecule has 0 aliphatic carbocycles. The summed E-state index contributed by atoms with van der Waals surface area (Å²) in [6.07, 6.45) is 2.38. The molecular weight excluding hydrogens is 260 g/mol. The van der Waals surface area contributed by atoms with Crippen molar-refractivity contribution in [1.82, 2.24) is 10.2 Å². The first-order valence-corrected chi connectivity index (χ1v) is 7.99. The molecule has 2 rings (SSSR count). The van der Waals surface area contributed by atoms with E-state index in [9.17, 15) is 0 Å². The summed E-state index contributed by atoms with van der Waals surface area (Å²) in [6, 6.07) is 7.21. The molecule has 2 atom stereocenters. The van der Waals surface area contributed by atoms with Crippen molar-refractivity contribution in [3.8, 4) is 0 Å². The second kappa shape index (κ2) is 6.91. The molecule has 1 aromatic rings. The van der Waals surface area contributed by atoms with E-state index in [-0.39, 0.29) is 5.60 Å². The van der Waals surface area contributed by atoms with Crippen LogP contribution in [0.15, 0.2) is 18.2 Å².